The van der Waals surface area contributed by atoms with Gasteiger partial charge in [-0.25, -0.2) is 0 Å². The van der Waals surface area contributed by atoms with Gasteiger partial charge in [-0.3, -0.25) is 5.10 Å². The summed E-state index contributed by atoms with van der Waals surface area (Å²) in [5.74, 6) is 1.70. The van der Waals surface area contributed by atoms with Crippen LogP contribution >= 0.6 is 0 Å². The molecule has 1 saturated heterocycles. The molecule has 2 heterocycles. The molecule has 0 amide bonds. The minimum Gasteiger partial charge on any atom is -0.302 e. The summed E-state index contributed by atoms with van der Waals surface area (Å²) >= 11 is 0. The highest BCUT2D eigenvalue weighted by molar-refractivity contribution is 5.20. The number of nitrogens with zero attached hydrogens (tertiary/aromatic N) is 2. The van der Waals surface area contributed by atoms with Gasteiger partial charge in [-0.15, -0.1) is 0 Å². The van der Waals surface area contributed by atoms with Crippen LogP contribution in [0.4, 0.5) is 0 Å². The van der Waals surface area contributed by atoms with Crippen LogP contribution in [0.2, 0.25) is 0 Å². The van der Waals surface area contributed by atoms with Gasteiger partial charge in [0.15, 0.2) is 0 Å². The van der Waals surface area contributed by atoms with Crippen LogP contribution < -0.4 is 0 Å². The van der Waals surface area contributed by atoms with E-state index in [1.807, 2.05) is 6.20 Å². The van der Waals surface area contributed by atoms with Crippen LogP contribution in [-0.4, -0.2) is 34.7 Å². The number of rotatable bonds is 3. The highest BCUT2D eigenvalue weighted by Gasteiger charge is 2.29. The number of hydrogen-bond donors (Lipinski definition) is 1. The molecule has 1 aliphatic heterocycles. The van der Waals surface area contributed by atoms with Crippen molar-refractivity contribution in [2.75, 3.05) is 19.6 Å². The smallest absolute Gasteiger partial charge is 0.0519 e. The molecule has 1 unspecified atom stereocenters. The van der Waals surface area contributed by atoms with E-state index >= 15 is 0 Å². The van der Waals surface area contributed by atoms with Crippen molar-refractivity contribution in [3.8, 4) is 0 Å². The number of aryl methyl sites for hydroxylation is 1. The van der Waals surface area contributed by atoms with Crippen molar-refractivity contribution in [2.24, 2.45) is 5.92 Å². The molecular weight excluding hydrogens is 198 g/mol. The fraction of sp³-hybridized carbons (Fsp3) is 0.769. The fourth-order valence-corrected chi connectivity index (χ4v) is 3.04. The van der Waals surface area contributed by atoms with Crippen LogP contribution in [0, 0.1) is 12.8 Å². The summed E-state index contributed by atoms with van der Waals surface area (Å²) in [5, 5.41) is 7.31. The third-order valence-electron chi connectivity index (χ3n) is 4.29. The Balaban J connectivity index is 1.58. The van der Waals surface area contributed by atoms with Gasteiger partial charge in [-0.2, -0.15) is 5.10 Å². The summed E-state index contributed by atoms with van der Waals surface area (Å²) in [6.07, 6.45) is 7.63. The second-order valence-electron chi connectivity index (χ2n) is 5.51. The Morgan fingerprint density at radius 1 is 1.44 bits per heavy atom. The normalized spacial score (nSPS) is 27.2. The van der Waals surface area contributed by atoms with Gasteiger partial charge in [0.1, 0.15) is 0 Å². The van der Waals surface area contributed by atoms with Crippen molar-refractivity contribution in [1.82, 2.24) is 15.1 Å². The largest absolute Gasteiger partial charge is 0.302 e. The van der Waals surface area contributed by atoms with E-state index in [4.69, 9.17) is 0 Å². The molecule has 0 spiro atoms. The Hall–Kier alpha value is -0.830. The maximum Gasteiger partial charge on any atom is 0.0519 e. The Morgan fingerprint density at radius 2 is 2.31 bits per heavy atom. The van der Waals surface area contributed by atoms with Gasteiger partial charge >= 0.3 is 0 Å². The van der Waals surface area contributed by atoms with Crippen molar-refractivity contribution in [2.45, 2.75) is 38.5 Å². The molecule has 3 rings (SSSR count). The monoisotopic (exact) mass is 219 g/mol. The second kappa shape index (κ2) is 4.21. The summed E-state index contributed by atoms with van der Waals surface area (Å²) in [5.41, 5.74) is 2.70. The highest BCUT2D eigenvalue weighted by atomic mass is 15.2. The quantitative estimate of drug-likeness (QED) is 0.846. The molecule has 2 fully saturated rings. The fourth-order valence-electron chi connectivity index (χ4n) is 3.04. The first kappa shape index (κ1) is 10.3. The lowest BCUT2D eigenvalue weighted by Crippen LogP contribution is -2.30. The average Bonchev–Trinajstić information content (AvgIpc) is 2.80. The average molecular weight is 219 g/mol. The van der Waals surface area contributed by atoms with Gasteiger partial charge in [-0.05, 0) is 44.2 Å². The first-order valence-corrected chi connectivity index (χ1v) is 6.55. The van der Waals surface area contributed by atoms with Gasteiger partial charge < -0.3 is 4.90 Å². The van der Waals surface area contributed by atoms with E-state index in [0.29, 0.717) is 5.92 Å². The molecule has 1 aromatic rings. The molecule has 3 heteroatoms. The first-order valence-electron chi connectivity index (χ1n) is 6.55. The molecule has 1 saturated carbocycles. The third kappa shape index (κ3) is 1.88. The zero-order chi connectivity index (χ0) is 11.0. The molecule has 1 aromatic heterocycles. The van der Waals surface area contributed by atoms with E-state index < -0.39 is 0 Å². The zero-order valence-corrected chi connectivity index (χ0v) is 10.1. The molecule has 1 atom stereocenters. The lowest BCUT2D eigenvalue weighted by molar-refractivity contribution is 0.203. The standard InChI is InChI=1S/C13H21N3/c1-10-7-14-15-13(10)12-5-6-16(9-12)8-11-3-2-4-11/h7,11-12H,2-6,8-9H2,1H3,(H,14,15). The third-order valence-corrected chi connectivity index (χ3v) is 4.29. The first-order chi connectivity index (χ1) is 7.83. The van der Waals surface area contributed by atoms with Crippen molar-refractivity contribution < 1.29 is 0 Å². The summed E-state index contributed by atoms with van der Waals surface area (Å²) in [6.45, 7) is 6.01. The Bertz CT molecular complexity index is 354. The molecule has 3 nitrogen and oxygen atoms in total. The predicted molar refractivity (Wildman–Crippen MR) is 64.5 cm³/mol. The van der Waals surface area contributed by atoms with Gasteiger partial charge in [-0.1, -0.05) is 6.42 Å². The minimum absolute atomic E-state index is 0.697. The van der Waals surface area contributed by atoms with E-state index in [1.165, 1.54) is 56.6 Å². The van der Waals surface area contributed by atoms with Gasteiger partial charge in [0.05, 0.1) is 6.20 Å². The molecule has 0 radical (unpaired) electrons. The molecule has 0 aromatic carbocycles. The zero-order valence-electron chi connectivity index (χ0n) is 10.1. The molecule has 2 aliphatic rings. The lowest BCUT2D eigenvalue weighted by Gasteiger charge is -2.30. The van der Waals surface area contributed by atoms with Crippen LogP contribution in [0.25, 0.3) is 0 Å². The van der Waals surface area contributed by atoms with Crippen molar-refractivity contribution in [3.05, 3.63) is 17.5 Å². The Labute approximate surface area is 97.2 Å². The second-order valence-corrected chi connectivity index (χ2v) is 5.51. The van der Waals surface area contributed by atoms with Crippen LogP contribution in [0.3, 0.4) is 0 Å². The highest BCUT2D eigenvalue weighted by Crippen LogP contribution is 2.32. The summed E-state index contributed by atoms with van der Waals surface area (Å²) in [4.78, 5) is 2.65. The number of hydrogen-bond acceptors (Lipinski definition) is 2. The van der Waals surface area contributed by atoms with Gasteiger partial charge in [0.2, 0.25) is 0 Å². The molecule has 16 heavy (non-hydrogen) atoms. The molecule has 1 N–H and O–H groups in total. The van der Waals surface area contributed by atoms with Crippen LogP contribution in [0.1, 0.15) is 42.9 Å². The minimum atomic E-state index is 0.697. The van der Waals surface area contributed by atoms with E-state index in [0.717, 1.165) is 5.92 Å². The van der Waals surface area contributed by atoms with E-state index in [9.17, 15) is 0 Å². The maximum atomic E-state index is 4.14. The number of aromatic nitrogens is 2. The Kier molecular flexibility index (Phi) is 2.72. The van der Waals surface area contributed by atoms with Gasteiger partial charge in [0.25, 0.3) is 0 Å². The topological polar surface area (TPSA) is 31.9 Å². The molecule has 88 valence electrons. The SMILES string of the molecule is Cc1cn[nH]c1C1CCN(CC2CCC2)C1. The summed E-state index contributed by atoms with van der Waals surface area (Å²) < 4.78 is 0. The van der Waals surface area contributed by atoms with Crippen LogP contribution in [0.15, 0.2) is 6.20 Å². The number of likely N-dealkylation sites (tertiary alicyclic amines) is 1. The molecular formula is C13H21N3. The number of H-pyrrole nitrogens is 1. The van der Waals surface area contributed by atoms with E-state index in [1.54, 1.807) is 0 Å². The Morgan fingerprint density at radius 3 is 2.94 bits per heavy atom. The van der Waals surface area contributed by atoms with Crippen molar-refractivity contribution in [3.63, 3.8) is 0 Å². The van der Waals surface area contributed by atoms with Crippen molar-refractivity contribution in [1.29, 1.82) is 0 Å². The predicted octanol–water partition coefficient (Wildman–Crippen LogP) is 2.31. The van der Waals surface area contributed by atoms with E-state index in [-0.39, 0.29) is 0 Å². The van der Waals surface area contributed by atoms with Gasteiger partial charge in [0, 0.05) is 24.7 Å². The van der Waals surface area contributed by atoms with Crippen molar-refractivity contribution >= 4 is 0 Å². The summed E-state index contributed by atoms with van der Waals surface area (Å²) in [6, 6.07) is 0. The number of aromatic amines is 1. The number of nitrogens with one attached hydrogen (secondary N) is 1. The molecule has 0 bridgehead atoms. The molecule has 1 aliphatic carbocycles. The van der Waals surface area contributed by atoms with Crippen LogP contribution in [-0.2, 0) is 0 Å². The summed E-state index contributed by atoms with van der Waals surface area (Å²) in [7, 11) is 0. The lowest BCUT2D eigenvalue weighted by atomic mass is 9.85. The van der Waals surface area contributed by atoms with E-state index in [2.05, 4.69) is 22.0 Å². The maximum absolute atomic E-state index is 4.14. The van der Waals surface area contributed by atoms with Crippen LogP contribution in [0.5, 0.6) is 0 Å².